The Hall–Kier alpha value is -3.90. The number of hydrogen-bond acceptors (Lipinski definition) is 3. The highest BCUT2D eigenvalue weighted by atomic mass is 16.5. The average Bonchev–Trinajstić information content (AvgIpc) is 3.12. The van der Waals surface area contributed by atoms with Crippen LogP contribution in [0.25, 0.3) is 10.9 Å². The van der Waals surface area contributed by atoms with Crippen LogP contribution >= 0.6 is 0 Å². The lowest BCUT2D eigenvalue weighted by Gasteiger charge is -2.17. The minimum Gasteiger partial charge on any atom is -0.366 e. The number of benzene rings is 3. The molecule has 1 unspecified atom stereocenters. The molecule has 0 saturated carbocycles. The number of fused-ring (bicyclic) bond motifs is 1. The molecule has 0 fully saturated rings. The van der Waals surface area contributed by atoms with E-state index in [1.165, 1.54) is 5.56 Å². The third-order valence-corrected chi connectivity index (χ3v) is 5.85. The molecule has 6 heteroatoms. The predicted octanol–water partition coefficient (Wildman–Crippen LogP) is 4.25. The fraction of sp³-hybridized carbons (Fsp3) is 0.154. The molecular formula is C26H25N3O3. The molecule has 4 rings (SSSR count). The lowest BCUT2D eigenvalue weighted by molar-refractivity contribution is 0.0706. The van der Waals surface area contributed by atoms with E-state index in [1.54, 1.807) is 17.6 Å². The number of nitrogens with two attached hydrogens (primary N) is 1. The van der Waals surface area contributed by atoms with Crippen LogP contribution in [0.3, 0.4) is 0 Å². The lowest BCUT2D eigenvalue weighted by atomic mass is 9.94. The first kappa shape index (κ1) is 21.3. The first-order valence-electron chi connectivity index (χ1n) is 10.5. The maximum atomic E-state index is 12.5. The Kier molecular flexibility index (Phi) is 6.05. The van der Waals surface area contributed by atoms with Gasteiger partial charge < -0.3 is 10.3 Å². The summed E-state index contributed by atoms with van der Waals surface area (Å²) in [6.07, 6.45) is 0.655. The topological polar surface area (TPSA) is 97.4 Å². The lowest BCUT2D eigenvalue weighted by Crippen LogP contribution is -2.18. The van der Waals surface area contributed by atoms with E-state index >= 15 is 0 Å². The van der Waals surface area contributed by atoms with Gasteiger partial charge in [0.25, 0.3) is 11.8 Å². The minimum atomic E-state index is -0.559. The SMILES string of the molecule is CC(Cc1c(C(N)=O)c2ccccc2n1Cc1ccc(C(=O)NO)cc1)c1ccccc1. The van der Waals surface area contributed by atoms with Gasteiger partial charge in [-0.15, -0.1) is 0 Å². The van der Waals surface area contributed by atoms with E-state index in [-0.39, 0.29) is 5.92 Å². The molecule has 162 valence electrons. The van der Waals surface area contributed by atoms with Crippen molar-refractivity contribution >= 4 is 22.7 Å². The second-order valence-electron chi connectivity index (χ2n) is 7.94. The number of aromatic nitrogens is 1. The number of carbonyl (C=O) groups excluding carboxylic acids is 2. The van der Waals surface area contributed by atoms with Gasteiger partial charge >= 0.3 is 0 Å². The molecule has 1 aromatic heterocycles. The third kappa shape index (κ3) is 4.13. The fourth-order valence-corrected chi connectivity index (χ4v) is 4.22. The van der Waals surface area contributed by atoms with Gasteiger partial charge in [-0.1, -0.05) is 67.6 Å². The molecule has 0 aliphatic rings. The fourth-order valence-electron chi connectivity index (χ4n) is 4.22. The number of nitrogens with zero attached hydrogens (tertiary/aromatic N) is 1. The number of carbonyl (C=O) groups is 2. The largest absolute Gasteiger partial charge is 0.366 e. The van der Waals surface area contributed by atoms with Gasteiger partial charge in [0.2, 0.25) is 0 Å². The van der Waals surface area contributed by atoms with Crippen LogP contribution in [-0.2, 0) is 13.0 Å². The number of hydroxylamine groups is 1. The average molecular weight is 428 g/mol. The summed E-state index contributed by atoms with van der Waals surface area (Å²) in [5.41, 5.74) is 12.4. The van der Waals surface area contributed by atoms with Crippen molar-refractivity contribution in [3.63, 3.8) is 0 Å². The summed E-state index contributed by atoms with van der Waals surface area (Å²) in [6.45, 7) is 2.66. The van der Waals surface area contributed by atoms with E-state index in [0.29, 0.717) is 24.1 Å². The van der Waals surface area contributed by atoms with Crippen molar-refractivity contribution in [3.05, 3.63) is 107 Å². The Balaban J connectivity index is 1.79. The van der Waals surface area contributed by atoms with Crippen molar-refractivity contribution < 1.29 is 14.8 Å². The Morgan fingerprint density at radius 2 is 1.62 bits per heavy atom. The molecule has 1 heterocycles. The Morgan fingerprint density at radius 1 is 0.969 bits per heavy atom. The van der Waals surface area contributed by atoms with E-state index in [9.17, 15) is 9.59 Å². The number of primary amides is 1. The van der Waals surface area contributed by atoms with Crippen molar-refractivity contribution in [1.29, 1.82) is 0 Å². The van der Waals surface area contributed by atoms with Crippen molar-refractivity contribution in [2.24, 2.45) is 5.73 Å². The molecule has 0 aliphatic carbocycles. The maximum absolute atomic E-state index is 12.5. The maximum Gasteiger partial charge on any atom is 0.274 e. The van der Waals surface area contributed by atoms with Crippen LogP contribution in [-0.4, -0.2) is 21.6 Å². The zero-order valence-electron chi connectivity index (χ0n) is 17.8. The Bertz CT molecular complexity index is 1260. The number of para-hydroxylation sites is 1. The Labute approximate surface area is 186 Å². The number of nitrogens with one attached hydrogen (secondary N) is 1. The number of amides is 2. The molecule has 6 nitrogen and oxygen atoms in total. The summed E-state index contributed by atoms with van der Waals surface area (Å²) >= 11 is 0. The van der Waals surface area contributed by atoms with E-state index in [0.717, 1.165) is 22.2 Å². The van der Waals surface area contributed by atoms with Crippen molar-refractivity contribution in [1.82, 2.24) is 10.0 Å². The van der Waals surface area contributed by atoms with Gasteiger partial charge in [0.1, 0.15) is 0 Å². The molecule has 4 aromatic rings. The molecule has 0 radical (unpaired) electrons. The molecule has 0 spiro atoms. The summed E-state index contributed by atoms with van der Waals surface area (Å²) in [5.74, 6) is -0.811. The first-order chi connectivity index (χ1) is 15.5. The standard InChI is InChI=1S/C26H25N3O3/c1-17(19-7-3-2-4-8-19)15-23-24(25(27)30)21-9-5-6-10-22(21)29(23)16-18-11-13-20(14-12-18)26(31)28-32/h2-14,17,32H,15-16H2,1H3,(H2,27,30)(H,28,31). The highest BCUT2D eigenvalue weighted by molar-refractivity contribution is 6.07. The van der Waals surface area contributed by atoms with E-state index < -0.39 is 11.8 Å². The summed E-state index contributed by atoms with van der Waals surface area (Å²) in [6, 6.07) is 25.0. The van der Waals surface area contributed by atoms with Crippen LogP contribution in [0.4, 0.5) is 0 Å². The minimum absolute atomic E-state index is 0.188. The van der Waals surface area contributed by atoms with Crippen LogP contribution in [0.5, 0.6) is 0 Å². The summed E-state index contributed by atoms with van der Waals surface area (Å²) in [4.78, 5) is 24.1. The molecule has 4 N–H and O–H groups in total. The van der Waals surface area contributed by atoms with E-state index in [1.807, 2.05) is 54.6 Å². The molecule has 0 bridgehead atoms. The number of hydrogen-bond donors (Lipinski definition) is 3. The summed E-state index contributed by atoms with van der Waals surface area (Å²) in [7, 11) is 0. The van der Waals surface area contributed by atoms with Crippen LogP contribution in [0.1, 0.15) is 50.4 Å². The zero-order chi connectivity index (χ0) is 22.7. The van der Waals surface area contributed by atoms with Crippen LogP contribution < -0.4 is 11.2 Å². The zero-order valence-corrected chi connectivity index (χ0v) is 17.8. The van der Waals surface area contributed by atoms with Gasteiger partial charge in [-0.3, -0.25) is 14.8 Å². The summed E-state index contributed by atoms with van der Waals surface area (Å²) < 4.78 is 2.13. The molecular weight excluding hydrogens is 402 g/mol. The molecule has 3 aromatic carbocycles. The van der Waals surface area contributed by atoms with Gasteiger partial charge in [-0.25, -0.2) is 5.48 Å². The van der Waals surface area contributed by atoms with Crippen LogP contribution in [0.2, 0.25) is 0 Å². The quantitative estimate of drug-likeness (QED) is 0.304. The van der Waals surface area contributed by atoms with Crippen molar-refractivity contribution in [3.8, 4) is 0 Å². The smallest absolute Gasteiger partial charge is 0.274 e. The predicted molar refractivity (Wildman–Crippen MR) is 124 cm³/mol. The van der Waals surface area contributed by atoms with E-state index in [2.05, 4.69) is 23.6 Å². The molecule has 0 aliphatic heterocycles. The van der Waals surface area contributed by atoms with Gasteiger partial charge in [0, 0.05) is 28.7 Å². The van der Waals surface area contributed by atoms with Gasteiger partial charge in [0.05, 0.1) is 5.56 Å². The normalized spacial score (nSPS) is 11.9. The van der Waals surface area contributed by atoms with Gasteiger partial charge in [-0.05, 0) is 41.7 Å². The third-order valence-electron chi connectivity index (χ3n) is 5.85. The first-order valence-corrected chi connectivity index (χ1v) is 10.5. The Morgan fingerprint density at radius 3 is 2.28 bits per heavy atom. The summed E-state index contributed by atoms with van der Waals surface area (Å²) in [5, 5.41) is 9.67. The highest BCUT2D eigenvalue weighted by Gasteiger charge is 2.23. The monoisotopic (exact) mass is 427 g/mol. The van der Waals surface area contributed by atoms with Gasteiger partial charge in [0.15, 0.2) is 0 Å². The molecule has 2 amide bonds. The van der Waals surface area contributed by atoms with E-state index in [4.69, 9.17) is 10.9 Å². The second kappa shape index (κ2) is 9.08. The molecule has 1 atom stereocenters. The highest BCUT2D eigenvalue weighted by Crippen LogP contribution is 2.31. The van der Waals surface area contributed by atoms with Crippen LogP contribution in [0.15, 0.2) is 78.9 Å². The van der Waals surface area contributed by atoms with Crippen molar-refractivity contribution in [2.75, 3.05) is 0 Å². The molecule has 0 saturated heterocycles. The van der Waals surface area contributed by atoms with Crippen LogP contribution in [0, 0.1) is 0 Å². The molecule has 32 heavy (non-hydrogen) atoms. The van der Waals surface area contributed by atoms with Gasteiger partial charge in [-0.2, -0.15) is 0 Å². The van der Waals surface area contributed by atoms with Crippen molar-refractivity contribution in [2.45, 2.75) is 25.8 Å². The second-order valence-corrected chi connectivity index (χ2v) is 7.94. The number of rotatable bonds is 7.